The largest absolute Gasteiger partial charge is 0.349 e. The Morgan fingerprint density at radius 2 is 1.92 bits per heavy atom. The molecule has 134 valence electrons. The summed E-state index contributed by atoms with van der Waals surface area (Å²) in [5.74, 6) is 0.865. The van der Waals surface area contributed by atoms with Gasteiger partial charge in [0.05, 0.1) is 10.2 Å². The number of piperidine rings is 1. The van der Waals surface area contributed by atoms with Crippen molar-refractivity contribution < 1.29 is 4.79 Å². The molecular formula is C20H27N3OS. The fraction of sp³-hybridized carbons (Fsp3) is 0.600. The Balaban J connectivity index is 1.47. The van der Waals surface area contributed by atoms with Crippen LogP contribution in [0.25, 0.3) is 10.2 Å². The second-order valence-electron chi connectivity index (χ2n) is 7.66. The summed E-state index contributed by atoms with van der Waals surface area (Å²) in [6, 6.07) is 6.27. The maximum absolute atomic E-state index is 12.6. The number of amides is 1. The van der Waals surface area contributed by atoms with Crippen LogP contribution in [-0.4, -0.2) is 30.0 Å². The highest BCUT2D eigenvalue weighted by Crippen LogP contribution is 2.31. The van der Waals surface area contributed by atoms with E-state index in [1.807, 2.05) is 18.2 Å². The van der Waals surface area contributed by atoms with Crippen LogP contribution in [0.4, 0.5) is 5.13 Å². The molecule has 2 heterocycles. The normalized spacial score (nSPS) is 24.4. The van der Waals surface area contributed by atoms with Gasteiger partial charge >= 0.3 is 0 Å². The van der Waals surface area contributed by atoms with Gasteiger partial charge in [-0.25, -0.2) is 4.98 Å². The number of aromatic nitrogens is 1. The number of anilines is 1. The van der Waals surface area contributed by atoms with Crippen LogP contribution < -0.4 is 10.2 Å². The second-order valence-corrected chi connectivity index (χ2v) is 8.67. The lowest BCUT2D eigenvalue weighted by atomic mass is 9.87. The molecule has 0 bridgehead atoms. The molecule has 0 atom stereocenters. The van der Waals surface area contributed by atoms with Gasteiger partial charge in [-0.3, -0.25) is 4.79 Å². The average molecular weight is 358 g/mol. The summed E-state index contributed by atoms with van der Waals surface area (Å²) in [6.07, 6.45) is 8.48. The quantitative estimate of drug-likeness (QED) is 0.873. The summed E-state index contributed by atoms with van der Waals surface area (Å²) in [4.78, 5) is 19.8. The van der Waals surface area contributed by atoms with Crippen molar-refractivity contribution in [3.05, 3.63) is 23.8 Å². The number of carbonyl (C=O) groups excluding carboxylic acids is 1. The van der Waals surface area contributed by atoms with Gasteiger partial charge in [-0.2, -0.15) is 0 Å². The van der Waals surface area contributed by atoms with Gasteiger partial charge in [-0.1, -0.05) is 18.3 Å². The highest BCUT2D eigenvalue weighted by atomic mass is 32.1. The molecule has 1 saturated heterocycles. The van der Waals surface area contributed by atoms with Gasteiger partial charge in [0.15, 0.2) is 5.13 Å². The van der Waals surface area contributed by atoms with E-state index in [0.29, 0.717) is 6.04 Å². The summed E-state index contributed by atoms with van der Waals surface area (Å²) >= 11 is 1.72. The van der Waals surface area contributed by atoms with Gasteiger partial charge in [0.2, 0.25) is 0 Å². The molecule has 25 heavy (non-hydrogen) atoms. The molecule has 1 aliphatic heterocycles. The molecule has 1 N–H and O–H groups in total. The Hall–Kier alpha value is -1.62. The van der Waals surface area contributed by atoms with E-state index in [1.54, 1.807) is 11.3 Å². The van der Waals surface area contributed by atoms with Crippen molar-refractivity contribution >= 4 is 32.6 Å². The minimum absolute atomic E-state index is 0.0642. The minimum atomic E-state index is 0.0642. The van der Waals surface area contributed by atoms with E-state index in [9.17, 15) is 4.79 Å². The molecule has 1 aromatic heterocycles. The third kappa shape index (κ3) is 3.81. The SMILES string of the molecule is CC1CCC(NC(=O)c2ccc3nc(N4CCCCC4)sc3c2)CC1. The summed E-state index contributed by atoms with van der Waals surface area (Å²) < 4.78 is 1.12. The zero-order valence-electron chi connectivity index (χ0n) is 15.0. The first kappa shape index (κ1) is 16.8. The lowest BCUT2D eigenvalue weighted by molar-refractivity contribution is 0.0923. The zero-order valence-corrected chi connectivity index (χ0v) is 15.8. The topological polar surface area (TPSA) is 45.2 Å². The zero-order chi connectivity index (χ0) is 17.2. The monoisotopic (exact) mass is 357 g/mol. The molecule has 0 spiro atoms. The van der Waals surface area contributed by atoms with E-state index in [2.05, 4.69) is 17.1 Å². The van der Waals surface area contributed by atoms with E-state index in [0.717, 1.165) is 52.8 Å². The summed E-state index contributed by atoms with van der Waals surface area (Å²) in [5.41, 5.74) is 1.77. The molecular weight excluding hydrogens is 330 g/mol. The Morgan fingerprint density at radius 3 is 2.68 bits per heavy atom. The van der Waals surface area contributed by atoms with Crippen molar-refractivity contribution in [2.75, 3.05) is 18.0 Å². The Labute approximate surface area is 153 Å². The van der Waals surface area contributed by atoms with Gasteiger partial charge in [0, 0.05) is 24.7 Å². The van der Waals surface area contributed by atoms with Crippen LogP contribution in [-0.2, 0) is 0 Å². The number of hydrogen-bond acceptors (Lipinski definition) is 4. The molecule has 1 aromatic carbocycles. The van der Waals surface area contributed by atoms with Crippen LogP contribution in [0.1, 0.15) is 62.2 Å². The number of benzene rings is 1. The van der Waals surface area contributed by atoms with E-state index < -0.39 is 0 Å². The highest BCUT2D eigenvalue weighted by molar-refractivity contribution is 7.22. The van der Waals surface area contributed by atoms with Crippen molar-refractivity contribution in [3.8, 4) is 0 Å². The first-order valence-corrected chi connectivity index (χ1v) is 10.5. The summed E-state index contributed by atoms with van der Waals surface area (Å²) in [6.45, 7) is 4.51. The number of rotatable bonds is 3. The third-order valence-corrected chi connectivity index (χ3v) is 6.70. The molecule has 1 aliphatic carbocycles. The van der Waals surface area contributed by atoms with Gasteiger partial charge in [-0.15, -0.1) is 0 Å². The van der Waals surface area contributed by atoms with Crippen molar-refractivity contribution in [2.45, 2.75) is 57.9 Å². The molecule has 0 radical (unpaired) electrons. The lowest BCUT2D eigenvalue weighted by Gasteiger charge is -2.26. The number of fused-ring (bicyclic) bond motifs is 1. The number of nitrogens with one attached hydrogen (secondary N) is 1. The summed E-state index contributed by atoms with van der Waals surface area (Å²) in [7, 11) is 0. The van der Waals surface area contributed by atoms with Crippen LogP contribution >= 0.6 is 11.3 Å². The number of hydrogen-bond donors (Lipinski definition) is 1. The second kappa shape index (κ2) is 7.32. The fourth-order valence-corrected chi connectivity index (χ4v) is 5.00. The standard InChI is InChI=1S/C20H27N3OS/c1-14-5-8-16(9-6-14)21-19(24)15-7-10-17-18(13-15)25-20(22-17)23-11-3-2-4-12-23/h7,10,13-14,16H,2-6,8-9,11-12H2,1H3,(H,21,24). The molecule has 2 aliphatic rings. The molecule has 1 amide bonds. The van der Waals surface area contributed by atoms with Crippen LogP contribution in [0.2, 0.25) is 0 Å². The van der Waals surface area contributed by atoms with Crippen molar-refractivity contribution in [1.29, 1.82) is 0 Å². The Morgan fingerprint density at radius 1 is 1.16 bits per heavy atom. The minimum Gasteiger partial charge on any atom is -0.349 e. The van der Waals surface area contributed by atoms with Gasteiger partial charge in [0.1, 0.15) is 0 Å². The number of carbonyl (C=O) groups is 1. The van der Waals surface area contributed by atoms with Gasteiger partial charge < -0.3 is 10.2 Å². The Bertz CT molecular complexity index is 742. The molecule has 5 heteroatoms. The van der Waals surface area contributed by atoms with Crippen molar-refractivity contribution in [1.82, 2.24) is 10.3 Å². The predicted octanol–water partition coefficient (Wildman–Crippen LogP) is 4.60. The first-order chi connectivity index (χ1) is 12.2. The first-order valence-electron chi connectivity index (χ1n) is 9.65. The molecule has 2 aromatic rings. The number of thiazole rings is 1. The Kier molecular flexibility index (Phi) is 4.93. The molecule has 0 unspecified atom stereocenters. The fourth-order valence-electron chi connectivity index (χ4n) is 3.95. The average Bonchev–Trinajstić information content (AvgIpc) is 3.07. The highest BCUT2D eigenvalue weighted by Gasteiger charge is 2.21. The van der Waals surface area contributed by atoms with Crippen LogP contribution in [0.15, 0.2) is 18.2 Å². The molecule has 4 rings (SSSR count). The van der Waals surface area contributed by atoms with Gasteiger partial charge in [-0.05, 0) is 69.1 Å². The predicted molar refractivity (Wildman–Crippen MR) is 105 cm³/mol. The van der Waals surface area contributed by atoms with E-state index in [-0.39, 0.29) is 5.91 Å². The molecule has 4 nitrogen and oxygen atoms in total. The van der Waals surface area contributed by atoms with E-state index in [1.165, 1.54) is 32.1 Å². The molecule has 1 saturated carbocycles. The maximum atomic E-state index is 12.6. The van der Waals surface area contributed by atoms with Crippen molar-refractivity contribution in [3.63, 3.8) is 0 Å². The van der Waals surface area contributed by atoms with Crippen LogP contribution in [0, 0.1) is 5.92 Å². The lowest BCUT2D eigenvalue weighted by Crippen LogP contribution is -2.37. The van der Waals surface area contributed by atoms with Gasteiger partial charge in [0.25, 0.3) is 5.91 Å². The molecule has 2 fully saturated rings. The number of nitrogens with zero attached hydrogens (tertiary/aromatic N) is 2. The summed E-state index contributed by atoms with van der Waals surface area (Å²) in [5, 5.41) is 4.33. The van der Waals surface area contributed by atoms with Crippen LogP contribution in [0.5, 0.6) is 0 Å². The van der Waals surface area contributed by atoms with E-state index in [4.69, 9.17) is 4.98 Å². The maximum Gasteiger partial charge on any atom is 0.251 e. The van der Waals surface area contributed by atoms with Crippen LogP contribution in [0.3, 0.4) is 0 Å². The smallest absolute Gasteiger partial charge is 0.251 e. The van der Waals surface area contributed by atoms with Crippen molar-refractivity contribution in [2.24, 2.45) is 5.92 Å². The third-order valence-electron chi connectivity index (χ3n) is 5.62. The van der Waals surface area contributed by atoms with E-state index >= 15 is 0 Å².